The predicted molar refractivity (Wildman–Crippen MR) is 136 cm³/mol. The van der Waals surface area contributed by atoms with Crippen molar-refractivity contribution in [2.45, 2.75) is 72.9 Å². The Hall–Kier alpha value is -1.99. The van der Waals surface area contributed by atoms with Crippen LogP contribution in [0.2, 0.25) is 0 Å². The Bertz CT molecular complexity index is 1230. The summed E-state index contributed by atoms with van der Waals surface area (Å²) < 4.78 is 2.53. The van der Waals surface area contributed by atoms with Crippen LogP contribution in [0.4, 0.5) is 0 Å². The van der Waals surface area contributed by atoms with Crippen LogP contribution < -0.4 is 20.1 Å². The minimum absolute atomic E-state index is 0.0632. The first-order valence-electron chi connectivity index (χ1n) is 11.8. The maximum absolute atomic E-state index is 13.2. The topological polar surface area (TPSA) is 68.2 Å². The van der Waals surface area contributed by atoms with Crippen LogP contribution in [0, 0.1) is 30.1 Å². The van der Waals surface area contributed by atoms with Gasteiger partial charge in [0.2, 0.25) is 5.91 Å². The number of amides is 1. The summed E-state index contributed by atoms with van der Waals surface area (Å²) in [7, 11) is 0. The molecule has 2 fully saturated rings. The van der Waals surface area contributed by atoms with Crippen LogP contribution >= 0.6 is 22.7 Å². The molecule has 178 valence electrons. The molecule has 2 aromatic rings. The van der Waals surface area contributed by atoms with Crippen molar-refractivity contribution in [3.05, 3.63) is 41.4 Å². The summed E-state index contributed by atoms with van der Waals surface area (Å²) >= 11 is 2.89. The fraction of sp³-hybridized carbons (Fsp3) is 0.577. The van der Waals surface area contributed by atoms with Crippen molar-refractivity contribution in [3.63, 3.8) is 0 Å². The van der Waals surface area contributed by atoms with Gasteiger partial charge in [0.05, 0.1) is 4.53 Å². The fourth-order valence-corrected chi connectivity index (χ4v) is 7.17. The molecule has 2 aromatic heterocycles. The standard InChI is InChI=1S/C26H34N2O3S2/c1-15-6-9-19(32-15)12-21-25(31)28(24(33-21)13-22(29)26(3,4)5)14-23(30)27-16(2)20-11-17-7-8-18(20)10-17/h6,9,12-13,16-18,20H,7-8,10-11,14H2,1-5H3,(H,27,30)/b21-12+,24-13+. The molecule has 1 amide bonds. The Morgan fingerprint density at radius 2 is 1.97 bits per heavy atom. The van der Waals surface area contributed by atoms with Crippen LogP contribution in [0.3, 0.4) is 0 Å². The second kappa shape index (κ2) is 9.34. The number of carbonyl (C=O) groups excluding carboxylic acids is 2. The van der Waals surface area contributed by atoms with Crippen LogP contribution in [-0.4, -0.2) is 22.3 Å². The zero-order valence-electron chi connectivity index (χ0n) is 20.1. The molecule has 4 atom stereocenters. The predicted octanol–water partition coefficient (Wildman–Crippen LogP) is 3.45. The molecule has 0 aliphatic heterocycles. The Morgan fingerprint density at radius 3 is 2.55 bits per heavy atom. The fourth-order valence-electron chi connectivity index (χ4n) is 5.24. The van der Waals surface area contributed by atoms with Crippen molar-refractivity contribution in [1.29, 1.82) is 0 Å². The van der Waals surface area contributed by atoms with Crippen LogP contribution in [0.15, 0.2) is 16.9 Å². The molecule has 0 aromatic carbocycles. The number of hydrogen-bond donors (Lipinski definition) is 1. The van der Waals surface area contributed by atoms with Crippen LogP contribution in [0.5, 0.6) is 0 Å². The van der Waals surface area contributed by atoms with E-state index in [9.17, 15) is 14.4 Å². The molecule has 0 saturated heterocycles. The highest BCUT2D eigenvalue weighted by Gasteiger charge is 2.42. The second-order valence-electron chi connectivity index (χ2n) is 10.7. The minimum Gasteiger partial charge on any atom is -0.352 e. The molecule has 2 heterocycles. The average Bonchev–Trinajstić information content (AvgIpc) is 3.50. The van der Waals surface area contributed by atoms with Gasteiger partial charge in [-0.2, -0.15) is 0 Å². The molecule has 2 saturated carbocycles. The number of thiophene rings is 1. The highest BCUT2D eigenvalue weighted by molar-refractivity contribution is 7.13. The first-order valence-corrected chi connectivity index (χ1v) is 13.5. The molecule has 4 unspecified atom stereocenters. The van der Waals surface area contributed by atoms with Crippen molar-refractivity contribution in [1.82, 2.24) is 9.88 Å². The van der Waals surface area contributed by atoms with E-state index in [1.807, 2.05) is 45.9 Å². The summed E-state index contributed by atoms with van der Waals surface area (Å²) in [5.41, 5.74) is -0.778. The normalized spacial score (nSPS) is 24.5. The van der Waals surface area contributed by atoms with Gasteiger partial charge in [-0.3, -0.25) is 19.0 Å². The van der Waals surface area contributed by atoms with Crippen molar-refractivity contribution in [2.24, 2.45) is 23.2 Å². The third-order valence-corrected chi connectivity index (χ3v) is 9.10. The number of aromatic nitrogens is 1. The van der Waals surface area contributed by atoms with E-state index in [0.29, 0.717) is 15.1 Å². The number of ketones is 1. The number of nitrogens with one attached hydrogen (secondary N) is 1. The van der Waals surface area contributed by atoms with E-state index in [2.05, 4.69) is 12.2 Å². The summed E-state index contributed by atoms with van der Waals surface area (Å²) in [5, 5.41) is 3.15. The SMILES string of the molecule is Cc1ccc(/C=c2/s/c(=C/C(=O)C(C)(C)C)n(CC(=O)NC(C)C3CC4CCC3C4)c2=O)s1. The number of fused-ring (bicyclic) bond motifs is 2. The lowest BCUT2D eigenvalue weighted by Gasteiger charge is -2.28. The zero-order valence-corrected chi connectivity index (χ0v) is 21.8. The number of nitrogens with zero attached hydrogens (tertiary/aromatic N) is 1. The first-order chi connectivity index (χ1) is 15.5. The molecule has 1 N–H and O–H groups in total. The van der Waals surface area contributed by atoms with Crippen LogP contribution in [0.25, 0.3) is 12.2 Å². The minimum atomic E-state index is -0.557. The largest absolute Gasteiger partial charge is 0.352 e. The Kier molecular flexibility index (Phi) is 6.83. The monoisotopic (exact) mass is 486 g/mol. The van der Waals surface area contributed by atoms with E-state index in [-0.39, 0.29) is 29.8 Å². The first kappa shape index (κ1) is 24.1. The van der Waals surface area contributed by atoms with Gasteiger partial charge in [0, 0.05) is 27.3 Å². The highest BCUT2D eigenvalue weighted by atomic mass is 32.1. The van der Waals surface area contributed by atoms with Gasteiger partial charge >= 0.3 is 0 Å². The van der Waals surface area contributed by atoms with Gasteiger partial charge in [-0.15, -0.1) is 22.7 Å². The summed E-state index contributed by atoms with van der Waals surface area (Å²) in [6.45, 7) is 9.61. The van der Waals surface area contributed by atoms with Gasteiger partial charge in [0.15, 0.2) is 5.78 Å². The maximum atomic E-state index is 13.2. The second-order valence-corrected chi connectivity index (χ2v) is 13.1. The summed E-state index contributed by atoms with van der Waals surface area (Å²) in [4.78, 5) is 41.1. The van der Waals surface area contributed by atoms with Crippen LogP contribution in [-0.2, 0) is 16.1 Å². The number of Topliss-reactive ketones (excluding diaryl/α,β-unsaturated/α-hetero) is 1. The molecule has 0 radical (unpaired) electrons. The van der Waals surface area contributed by atoms with Gasteiger partial charge in [-0.1, -0.05) is 27.2 Å². The molecular weight excluding hydrogens is 452 g/mol. The number of aryl methyl sites for hydroxylation is 1. The zero-order chi connectivity index (χ0) is 23.9. The van der Waals surface area contributed by atoms with E-state index < -0.39 is 5.41 Å². The number of hydrogen-bond acceptors (Lipinski definition) is 5. The molecular formula is C26H34N2O3S2. The number of carbonyl (C=O) groups is 2. The lowest BCUT2D eigenvalue weighted by molar-refractivity contribution is -0.123. The van der Waals surface area contributed by atoms with Crippen molar-refractivity contribution in [2.75, 3.05) is 0 Å². The van der Waals surface area contributed by atoms with Crippen molar-refractivity contribution in [3.8, 4) is 0 Å². The molecule has 2 bridgehead atoms. The average molecular weight is 487 g/mol. The van der Waals surface area contributed by atoms with E-state index in [4.69, 9.17) is 0 Å². The number of rotatable bonds is 6. The smallest absolute Gasteiger partial charge is 0.269 e. The summed E-state index contributed by atoms with van der Waals surface area (Å²) in [6.07, 6.45) is 8.48. The van der Waals surface area contributed by atoms with Crippen molar-refractivity contribution >= 4 is 46.5 Å². The van der Waals surface area contributed by atoms with Gasteiger partial charge in [-0.05, 0) is 69.1 Å². The lowest BCUT2D eigenvalue weighted by atomic mass is 9.84. The number of thiazole rings is 1. The molecule has 2 aliphatic carbocycles. The van der Waals surface area contributed by atoms with Crippen LogP contribution in [0.1, 0.15) is 63.1 Å². The molecule has 4 rings (SSSR count). The van der Waals surface area contributed by atoms with Gasteiger partial charge < -0.3 is 5.32 Å². The van der Waals surface area contributed by atoms with Gasteiger partial charge in [0.25, 0.3) is 5.56 Å². The third kappa shape index (κ3) is 5.40. The Balaban J connectivity index is 1.62. The lowest BCUT2D eigenvalue weighted by Crippen LogP contribution is -2.44. The molecule has 2 aliphatic rings. The molecule has 0 spiro atoms. The maximum Gasteiger partial charge on any atom is 0.269 e. The third-order valence-electron chi connectivity index (χ3n) is 7.09. The van der Waals surface area contributed by atoms with E-state index in [1.54, 1.807) is 11.3 Å². The Morgan fingerprint density at radius 1 is 1.21 bits per heavy atom. The molecule has 33 heavy (non-hydrogen) atoms. The summed E-state index contributed by atoms with van der Waals surface area (Å²) in [5.74, 6) is 1.85. The van der Waals surface area contributed by atoms with E-state index in [1.165, 1.54) is 52.5 Å². The molecule has 7 heteroatoms. The van der Waals surface area contributed by atoms with E-state index >= 15 is 0 Å². The van der Waals surface area contributed by atoms with Crippen molar-refractivity contribution < 1.29 is 9.59 Å². The molecule has 5 nitrogen and oxygen atoms in total. The quantitative estimate of drug-likeness (QED) is 0.680. The van der Waals surface area contributed by atoms with Gasteiger partial charge in [-0.25, -0.2) is 0 Å². The van der Waals surface area contributed by atoms with Gasteiger partial charge in [0.1, 0.15) is 11.2 Å². The van der Waals surface area contributed by atoms with E-state index in [0.717, 1.165) is 16.7 Å². The highest BCUT2D eigenvalue weighted by Crippen LogP contribution is 2.49. The summed E-state index contributed by atoms with van der Waals surface area (Å²) in [6, 6.07) is 4.10. The Labute approximate surface area is 203 Å².